The Labute approximate surface area is 135 Å². The maximum atomic E-state index is 6.36. The van der Waals surface area contributed by atoms with Crippen molar-refractivity contribution in [1.29, 1.82) is 0 Å². The van der Waals surface area contributed by atoms with Gasteiger partial charge in [-0.05, 0) is 38.2 Å². The number of hydrogen-bond donors (Lipinski definition) is 1. The Morgan fingerprint density at radius 3 is 2.35 bits per heavy atom. The summed E-state index contributed by atoms with van der Waals surface area (Å²) in [6, 6.07) is 0. The number of fused-ring (bicyclic) bond motifs is 1. The molecule has 116 valence electrons. The average molecular weight is 443 g/mol. The van der Waals surface area contributed by atoms with E-state index in [0.717, 1.165) is 0 Å². The third kappa shape index (κ3) is 3.76. The minimum absolute atomic E-state index is 0.188. The molecule has 0 aromatic carbocycles. The van der Waals surface area contributed by atoms with Crippen molar-refractivity contribution < 1.29 is 18.1 Å². The van der Waals surface area contributed by atoms with E-state index in [-0.39, 0.29) is 26.4 Å². The van der Waals surface area contributed by atoms with Crippen molar-refractivity contribution in [3.63, 3.8) is 0 Å². The van der Waals surface area contributed by atoms with Crippen molar-refractivity contribution in [2.75, 3.05) is 26.4 Å². The Bertz CT molecular complexity index is 589. The summed E-state index contributed by atoms with van der Waals surface area (Å²) in [6.07, 6.45) is 0. The van der Waals surface area contributed by atoms with Crippen molar-refractivity contribution in [2.45, 2.75) is 0 Å². The highest BCUT2D eigenvalue weighted by Gasteiger charge is 2.53. The fraction of sp³-hybridized carbons (Fsp3) is 1.00. The fourth-order valence-electron chi connectivity index (χ4n) is 1.52. The third-order valence-electron chi connectivity index (χ3n) is 2.12. The van der Waals surface area contributed by atoms with Gasteiger partial charge in [-0.2, -0.15) is 13.9 Å². The molecule has 0 radical (unpaired) electrons. The Morgan fingerprint density at radius 2 is 1.60 bits per heavy atom. The standard InChI is InChI=1S/C4H9Cl4N4O4P4/c5-17(6)9-18(7)11-20(15-3-1-13-18)12-19(8,10-17)14-2-4-16-20/h9H,1-4H2/q+1/t18-,19?,20+/m0/s1. The summed E-state index contributed by atoms with van der Waals surface area (Å²) >= 11 is 25.0. The van der Waals surface area contributed by atoms with Gasteiger partial charge in [0.15, 0.2) is 11.2 Å². The number of rotatable bonds is 0. The molecule has 3 atom stereocenters. The van der Waals surface area contributed by atoms with Gasteiger partial charge in [-0.25, -0.2) is 0 Å². The number of nitrogens with zero attached hydrogens (tertiary/aromatic N) is 3. The zero-order chi connectivity index (χ0) is 14.5. The van der Waals surface area contributed by atoms with Crippen molar-refractivity contribution in [2.24, 2.45) is 13.5 Å². The second-order valence-corrected chi connectivity index (χ2v) is 17.7. The van der Waals surface area contributed by atoms with Gasteiger partial charge in [-0.15, -0.1) is 0 Å². The van der Waals surface area contributed by atoms with Gasteiger partial charge in [-0.3, -0.25) is 0 Å². The van der Waals surface area contributed by atoms with Crippen molar-refractivity contribution >= 4 is 72.5 Å². The molecule has 1 spiro atoms. The predicted octanol–water partition coefficient (Wildman–Crippen LogP) is 6.15. The van der Waals surface area contributed by atoms with Crippen LogP contribution in [0.2, 0.25) is 0 Å². The smallest absolute Gasteiger partial charge is 0.318 e. The van der Waals surface area contributed by atoms with E-state index in [0.29, 0.717) is 0 Å². The first-order valence-electron chi connectivity index (χ1n) is 5.21. The van der Waals surface area contributed by atoms with Crippen LogP contribution >= 0.6 is 72.5 Å². The first-order valence-corrected chi connectivity index (χ1v) is 15.4. The molecular formula is C4H9Cl4N4O4P4+. The lowest BCUT2D eigenvalue weighted by molar-refractivity contribution is 0.192. The molecule has 3 aliphatic heterocycles. The Kier molecular flexibility index (Phi) is 4.96. The monoisotopic (exact) mass is 441 g/mol. The molecule has 1 unspecified atom stereocenters. The first kappa shape index (κ1) is 16.9. The molecular weight excluding hydrogens is 434 g/mol. The molecule has 16 heteroatoms. The van der Waals surface area contributed by atoms with Crippen LogP contribution in [0.15, 0.2) is 13.5 Å². The van der Waals surface area contributed by atoms with Crippen molar-refractivity contribution in [3.8, 4) is 0 Å². The van der Waals surface area contributed by atoms with E-state index in [9.17, 15) is 0 Å². The van der Waals surface area contributed by atoms with Gasteiger partial charge in [-0.1, -0.05) is 0 Å². The lowest BCUT2D eigenvalue weighted by Crippen LogP contribution is -2.03. The van der Waals surface area contributed by atoms with Crippen LogP contribution in [0.3, 0.4) is 0 Å². The van der Waals surface area contributed by atoms with Gasteiger partial charge in [0.2, 0.25) is 0 Å². The molecule has 0 aliphatic carbocycles. The molecule has 0 saturated heterocycles. The highest BCUT2D eigenvalue weighted by atomic mass is 35.9. The molecule has 0 aromatic heterocycles. The Balaban J connectivity index is 2.27. The summed E-state index contributed by atoms with van der Waals surface area (Å²) in [4.78, 5) is 2.75. The van der Waals surface area contributed by atoms with E-state index in [1.807, 2.05) is 0 Å². The summed E-state index contributed by atoms with van der Waals surface area (Å²) in [5, 5.41) is 0. The average Bonchev–Trinajstić information content (AvgIpc) is 2.51. The van der Waals surface area contributed by atoms with E-state index in [2.05, 4.69) is 18.4 Å². The largest absolute Gasteiger partial charge is 0.492 e. The van der Waals surface area contributed by atoms with Crippen LogP contribution in [-0.4, -0.2) is 26.4 Å². The topological polar surface area (TPSA) is 86.0 Å². The molecule has 8 nitrogen and oxygen atoms in total. The van der Waals surface area contributed by atoms with Gasteiger partial charge in [0.1, 0.15) is 6.61 Å². The molecule has 0 amide bonds. The minimum atomic E-state index is -3.12. The van der Waals surface area contributed by atoms with Gasteiger partial charge in [0, 0.05) is 4.52 Å². The van der Waals surface area contributed by atoms with Gasteiger partial charge < -0.3 is 13.6 Å². The van der Waals surface area contributed by atoms with Gasteiger partial charge >= 0.3 is 14.8 Å². The van der Waals surface area contributed by atoms with Crippen LogP contribution in [0, 0.1) is 0 Å². The molecule has 3 heterocycles. The zero-order valence-electron chi connectivity index (χ0n) is 9.60. The van der Waals surface area contributed by atoms with Crippen LogP contribution in [-0.2, 0) is 18.1 Å². The maximum absolute atomic E-state index is 6.36. The van der Waals surface area contributed by atoms with Crippen molar-refractivity contribution in [3.05, 3.63) is 0 Å². The van der Waals surface area contributed by atoms with E-state index in [1.165, 1.54) is 0 Å². The summed E-state index contributed by atoms with van der Waals surface area (Å²) in [7, 11) is -6.18. The second-order valence-electron chi connectivity index (χ2n) is 3.65. The zero-order valence-corrected chi connectivity index (χ0v) is 16.2. The Morgan fingerprint density at radius 1 is 0.950 bits per heavy atom. The van der Waals surface area contributed by atoms with Crippen LogP contribution in [0.1, 0.15) is 0 Å². The quantitative estimate of drug-likeness (QED) is 0.454. The highest BCUT2D eigenvalue weighted by Crippen LogP contribution is 2.87. The lowest BCUT2D eigenvalue weighted by Gasteiger charge is -2.23. The first-order chi connectivity index (χ1) is 9.24. The molecule has 0 saturated carbocycles. The Hall–Kier alpha value is 2.08. The summed E-state index contributed by atoms with van der Waals surface area (Å²) < 4.78 is 34.9. The molecule has 1 N–H and O–H groups in total. The summed E-state index contributed by atoms with van der Waals surface area (Å²) in [6.45, 7) is -2.21. The number of halogens is 4. The second kappa shape index (κ2) is 5.86. The lowest BCUT2D eigenvalue weighted by atomic mass is 10.8. The van der Waals surface area contributed by atoms with Crippen LogP contribution in [0.25, 0.3) is 0 Å². The SMILES string of the molecule is ClP1(Cl)=N[P+]2(Cl)N=[P@@]3(N=[P@](Cl)(N1)OCCO3)OCCO2. The van der Waals surface area contributed by atoms with Crippen molar-refractivity contribution in [1.82, 2.24) is 4.86 Å². The minimum Gasteiger partial charge on any atom is -0.318 e. The normalized spacial score (nSPS) is 47.4. The summed E-state index contributed by atoms with van der Waals surface area (Å²) in [5.41, 5.74) is 0. The van der Waals surface area contributed by atoms with E-state index in [1.54, 1.807) is 0 Å². The van der Waals surface area contributed by atoms with Crippen LogP contribution in [0.4, 0.5) is 0 Å². The maximum Gasteiger partial charge on any atom is 0.492 e. The molecule has 3 bridgehead atoms. The van der Waals surface area contributed by atoms with Gasteiger partial charge in [0.05, 0.1) is 19.8 Å². The molecule has 20 heavy (non-hydrogen) atoms. The molecule has 0 fully saturated rings. The van der Waals surface area contributed by atoms with Crippen LogP contribution < -0.4 is 4.86 Å². The van der Waals surface area contributed by atoms with E-state index in [4.69, 9.17) is 63.1 Å². The fourth-order valence-corrected chi connectivity index (χ4v) is 19.7. The van der Waals surface area contributed by atoms with Gasteiger partial charge in [0.25, 0.3) is 12.7 Å². The van der Waals surface area contributed by atoms with E-state index >= 15 is 0 Å². The number of hydrogen-bond acceptors (Lipinski definition) is 8. The predicted molar refractivity (Wildman–Crippen MR) is 85.3 cm³/mol. The molecule has 3 aliphatic rings. The molecule has 3 rings (SSSR count). The highest BCUT2D eigenvalue weighted by molar-refractivity contribution is 8.17. The molecule has 0 aromatic rings. The summed E-state index contributed by atoms with van der Waals surface area (Å²) in [5.74, 6) is -3.09. The van der Waals surface area contributed by atoms with Crippen LogP contribution in [0.5, 0.6) is 0 Å². The third-order valence-corrected chi connectivity index (χ3v) is 17.2. The van der Waals surface area contributed by atoms with E-state index < -0.39 is 27.5 Å². The number of nitrogens with one attached hydrogen (secondary N) is 1.